The summed E-state index contributed by atoms with van der Waals surface area (Å²) in [6.07, 6.45) is 47.0. The van der Waals surface area contributed by atoms with E-state index in [1.165, 1.54) is 96.3 Å². The van der Waals surface area contributed by atoms with Gasteiger partial charge in [-0.25, -0.2) is 0 Å². The second-order valence-corrected chi connectivity index (χ2v) is 18.2. The number of carbonyl (C=O) groups is 2. The first-order valence-corrected chi connectivity index (χ1v) is 24.8. The molecule has 1 unspecified atom stereocenters. The fourth-order valence-electron chi connectivity index (χ4n) is 6.13. The Kier molecular flexibility index (Phi) is 39.0. The van der Waals surface area contributed by atoms with Crippen molar-refractivity contribution in [3.8, 4) is 0 Å². The number of rotatable bonds is 42. The number of allylic oxidation sites excluding steroid dienone is 8. The van der Waals surface area contributed by atoms with Crippen molar-refractivity contribution in [2.75, 3.05) is 47.5 Å². The van der Waals surface area contributed by atoms with Gasteiger partial charge >= 0.3 is 11.9 Å². The zero-order valence-electron chi connectivity index (χ0n) is 38.0. The number of phosphoric ester groups is 1. The van der Waals surface area contributed by atoms with Crippen LogP contribution < -0.4 is 4.89 Å². The van der Waals surface area contributed by atoms with Crippen LogP contribution in [0.1, 0.15) is 194 Å². The fraction of sp³-hybridized carbons (Fsp3) is 0.792. The van der Waals surface area contributed by atoms with Crippen molar-refractivity contribution in [1.82, 2.24) is 0 Å². The summed E-state index contributed by atoms with van der Waals surface area (Å²) in [5.41, 5.74) is 0. The standard InChI is InChI=1S/C48H88NO8P/c1-6-8-10-12-14-16-18-20-22-24-26-28-30-32-34-36-38-40-47(50)54-44-46(45-56-58(52,53)55-43-42-49(3,4)5)57-48(51)41-39-37-35-33-31-29-27-25-23-21-19-17-15-13-11-9-7-2/h14,16-17,19-20,22,26,28,46H,6-13,15,18,21,23-25,27,29-45H2,1-5H3/b16-14+,19-17+,22-20+,28-26+/t46-/m1/s1. The number of carbonyl (C=O) groups excluding carboxylic acids is 2. The van der Waals surface area contributed by atoms with Gasteiger partial charge in [0, 0.05) is 12.8 Å². The number of nitrogens with zero attached hydrogens (tertiary/aromatic N) is 1. The first-order valence-electron chi connectivity index (χ1n) is 23.3. The molecular weight excluding hydrogens is 750 g/mol. The van der Waals surface area contributed by atoms with Crippen LogP contribution in [-0.4, -0.2) is 70.0 Å². The van der Waals surface area contributed by atoms with Crippen LogP contribution in [-0.2, 0) is 32.7 Å². The number of quaternary nitrogens is 1. The quantitative estimate of drug-likeness (QED) is 0.0196. The van der Waals surface area contributed by atoms with E-state index in [2.05, 4.69) is 62.5 Å². The molecule has 58 heavy (non-hydrogen) atoms. The van der Waals surface area contributed by atoms with Gasteiger partial charge < -0.3 is 27.9 Å². The number of esters is 2. The molecule has 0 heterocycles. The van der Waals surface area contributed by atoms with Crippen LogP contribution in [0.25, 0.3) is 0 Å². The van der Waals surface area contributed by atoms with E-state index in [9.17, 15) is 19.0 Å². The van der Waals surface area contributed by atoms with E-state index in [0.29, 0.717) is 23.9 Å². The van der Waals surface area contributed by atoms with Gasteiger partial charge in [-0.05, 0) is 77.0 Å². The molecular formula is C48H88NO8P. The zero-order chi connectivity index (χ0) is 42.8. The average Bonchev–Trinajstić information content (AvgIpc) is 3.17. The lowest BCUT2D eigenvalue weighted by atomic mass is 10.1. The highest BCUT2D eigenvalue weighted by Crippen LogP contribution is 2.38. The summed E-state index contributed by atoms with van der Waals surface area (Å²) < 4.78 is 33.9. The highest BCUT2D eigenvalue weighted by Gasteiger charge is 2.21. The Morgan fingerprint density at radius 2 is 0.931 bits per heavy atom. The Morgan fingerprint density at radius 3 is 1.43 bits per heavy atom. The minimum absolute atomic E-state index is 0.0361. The maximum Gasteiger partial charge on any atom is 0.306 e. The molecule has 0 aromatic rings. The van der Waals surface area contributed by atoms with Crippen molar-refractivity contribution in [2.45, 2.75) is 200 Å². The van der Waals surface area contributed by atoms with E-state index in [1.807, 2.05) is 21.1 Å². The molecule has 0 fully saturated rings. The van der Waals surface area contributed by atoms with Crippen LogP contribution >= 0.6 is 7.82 Å². The molecule has 10 heteroatoms. The molecule has 0 aromatic carbocycles. The second-order valence-electron chi connectivity index (χ2n) is 16.8. The molecule has 0 radical (unpaired) electrons. The third kappa shape index (κ3) is 43.5. The van der Waals surface area contributed by atoms with Crippen LogP contribution in [0.5, 0.6) is 0 Å². The first kappa shape index (κ1) is 56.0. The van der Waals surface area contributed by atoms with Crippen molar-refractivity contribution in [1.29, 1.82) is 0 Å². The van der Waals surface area contributed by atoms with Gasteiger partial charge in [0.1, 0.15) is 19.8 Å². The molecule has 2 atom stereocenters. The Bertz CT molecular complexity index is 1130. The lowest BCUT2D eigenvalue weighted by molar-refractivity contribution is -0.870. The molecule has 0 amide bonds. The number of phosphoric acid groups is 1. The molecule has 9 nitrogen and oxygen atoms in total. The Balaban J connectivity index is 4.37. The molecule has 0 aromatic heterocycles. The van der Waals surface area contributed by atoms with Crippen LogP contribution in [0.4, 0.5) is 0 Å². The molecule has 0 rings (SSSR count). The van der Waals surface area contributed by atoms with E-state index in [4.69, 9.17) is 18.5 Å². The molecule has 0 spiro atoms. The minimum atomic E-state index is -4.63. The molecule has 0 saturated carbocycles. The third-order valence-corrected chi connectivity index (χ3v) is 10.8. The SMILES string of the molecule is CCCCC/C=C/C/C=C/C/C=C/CCCCCCC(=O)OC[C@H](COP(=O)([O-])OCC[N+](C)(C)C)OC(=O)CCCCCCCCCCC/C=C/CCCCCC. The van der Waals surface area contributed by atoms with Crippen molar-refractivity contribution in [2.24, 2.45) is 0 Å². The molecule has 0 bridgehead atoms. The first-order chi connectivity index (χ1) is 28.0. The van der Waals surface area contributed by atoms with E-state index in [1.54, 1.807) is 0 Å². The number of likely N-dealkylation sites (N-methyl/N-ethyl adjacent to an activating group) is 1. The van der Waals surface area contributed by atoms with E-state index in [-0.39, 0.29) is 26.1 Å². The van der Waals surface area contributed by atoms with E-state index in [0.717, 1.165) is 57.8 Å². The highest BCUT2D eigenvalue weighted by atomic mass is 31.2. The van der Waals surface area contributed by atoms with Gasteiger partial charge in [0.15, 0.2) is 6.10 Å². The lowest BCUT2D eigenvalue weighted by Gasteiger charge is -2.28. The van der Waals surface area contributed by atoms with Crippen molar-refractivity contribution >= 4 is 19.8 Å². The number of hydrogen-bond donors (Lipinski definition) is 0. The Morgan fingerprint density at radius 1 is 0.534 bits per heavy atom. The molecule has 0 saturated heterocycles. The molecule has 0 N–H and O–H groups in total. The third-order valence-electron chi connectivity index (χ3n) is 9.82. The van der Waals surface area contributed by atoms with Gasteiger partial charge in [-0.3, -0.25) is 14.2 Å². The second kappa shape index (κ2) is 40.4. The topological polar surface area (TPSA) is 111 Å². The van der Waals surface area contributed by atoms with Crippen molar-refractivity contribution in [3.63, 3.8) is 0 Å². The Labute approximate surface area is 356 Å². The largest absolute Gasteiger partial charge is 0.756 e. The van der Waals surface area contributed by atoms with Crippen molar-refractivity contribution in [3.05, 3.63) is 48.6 Å². The normalized spacial score (nSPS) is 14.0. The summed E-state index contributed by atoms with van der Waals surface area (Å²) in [4.78, 5) is 37.6. The Hall–Kier alpha value is -2.03. The van der Waals surface area contributed by atoms with Gasteiger partial charge in [-0.1, -0.05) is 152 Å². The molecule has 0 aliphatic heterocycles. The number of ether oxygens (including phenoxy) is 2. The summed E-state index contributed by atoms with van der Waals surface area (Å²) in [5.74, 6) is -0.861. The van der Waals surface area contributed by atoms with Gasteiger partial charge in [-0.15, -0.1) is 0 Å². The van der Waals surface area contributed by atoms with Crippen molar-refractivity contribution < 1.29 is 42.1 Å². The van der Waals surface area contributed by atoms with E-state index >= 15 is 0 Å². The molecule has 338 valence electrons. The number of hydrogen-bond acceptors (Lipinski definition) is 8. The smallest absolute Gasteiger partial charge is 0.306 e. The van der Waals surface area contributed by atoms with Crippen LogP contribution in [0, 0.1) is 0 Å². The summed E-state index contributed by atoms with van der Waals surface area (Å²) >= 11 is 0. The maximum atomic E-state index is 12.7. The van der Waals surface area contributed by atoms with Crippen LogP contribution in [0.15, 0.2) is 48.6 Å². The van der Waals surface area contributed by atoms with Gasteiger partial charge in [0.05, 0.1) is 27.7 Å². The van der Waals surface area contributed by atoms with Crippen LogP contribution in [0.3, 0.4) is 0 Å². The summed E-state index contributed by atoms with van der Waals surface area (Å²) in [6.45, 7) is 4.16. The minimum Gasteiger partial charge on any atom is -0.756 e. The lowest BCUT2D eigenvalue weighted by Crippen LogP contribution is -2.37. The fourth-order valence-corrected chi connectivity index (χ4v) is 6.85. The highest BCUT2D eigenvalue weighted by molar-refractivity contribution is 7.45. The number of unbranched alkanes of at least 4 members (excludes halogenated alkanes) is 20. The van der Waals surface area contributed by atoms with E-state index < -0.39 is 32.5 Å². The molecule has 0 aliphatic carbocycles. The summed E-state index contributed by atoms with van der Waals surface area (Å²) in [7, 11) is 1.15. The zero-order valence-corrected chi connectivity index (χ0v) is 38.9. The van der Waals surface area contributed by atoms with Crippen LogP contribution in [0.2, 0.25) is 0 Å². The van der Waals surface area contributed by atoms with Gasteiger partial charge in [0.2, 0.25) is 0 Å². The molecule has 0 aliphatic rings. The predicted molar refractivity (Wildman–Crippen MR) is 240 cm³/mol. The van der Waals surface area contributed by atoms with Gasteiger partial charge in [0.25, 0.3) is 7.82 Å². The summed E-state index contributed by atoms with van der Waals surface area (Å²) in [6, 6.07) is 0. The predicted octanol–water partition coefficient (Wildman–Crippen LogP) is 12.8. The monoisotopic (exact) mass is 838 g/mol. The average molecular weight is 838 g/mol. The van der Waals surface area contributed by atoms with Gasteiger partial charge in [-0.2, -0.15) is 0 Å². The maximum absolute atomic E-state index is 12.7. The summed E-state index contributed by atoms with van der Waals surface area (Å²) in [5, 5.41) is 0.